The van der Waals surface area contributed by atoms with E-state index in [0.717, 1.165) is 23.2 Å². The van der Waals surface area contributed by atoms with E-state index in [1.165, 1.54) is 0 Å². The summed E-state index contributed by atoms with van der Waals surface area (Å²) < 4.78 is 0. The molecule has 1 aromatic carbocycles. The molecule has 4 N–H and O–H groups in total. The average molecular weight is 286 g/mol. The summed E-state index contributed by atoms with van der Waals surface area (Å²) in [5, 5.41) is 9.81. The van der Waals surface area contributed by atoms with E-state index in [2.05, 4.69) is 15.5 Å². The van der Waals surface area contributed by atoms with Crippen LogP contribution in [0, 0.1) is 5.41 Å². The number of aromatic amines is 1. The van der Waals surface area contributed by atoms with Crippen LogP contribution in [0.1, 0.15) is 25.8 Å². The van der Waals surface area contributed by atoms with E-state index >= 15 is 0 Å². The Morgan fingerprint density at radius 2 is 2.05 bits per heavy atom. The topological polar surface area (TPSA) is 83.8 Å². The van der Waals surface area contributed by atoms with Crippen molar-refractivity contribution < 1.29 is 4.79 Å². The lowest BCUT2D eigenvalue weighted by molar-refractivity contribution is -0.130. The van der Waals surface area contributed by atoms with Gasteiger partial charge in [-0.1, -0.05) is 31.2 Å². The Bertz CT molecular complexity index is 571. The molecule has 0 bridgehead atoms. The molecule has 5 heteroatoms. The predicted octanol–water partition coefficient (Wildman–Crippen LogP) is 2.07. The zero-order chi connectivity index (χ0) is 15.3. The van der Waals surface area contributed by atoms with E-state index < -0.39 is 5.41 Å². The van der Waals surface area contributed by atoms with Crippen LogP contribution in [0.25, 0.3) is 11.3 Å². The van der Waals surface area contributed by atoms with E-state index in [4.69, 9.17) is 5.73 Å². The van der Waals surface area contributed by atoms with Gasteiger partial charge in [0.05, 0.1) is 11.1 Å². The van der Waals surface area contributed by atoms with Gasteiger partial charge < -0.3 is 11.1 Å². The molecule has 5 nitrogen and oxygen atoms in total. The number of carbonyl (C=O) groups is 1. The Kier molecular flexibility index (Phi) is 4.75. The van der Waals surface area contributed by atoms with Gasteiger partial charge in [-0.25, -0.2) is 0 Å². The van der Waals surface area contributed by atoms with Crippen molar-refractivity contribution in [2.24, 2.45) is 11.1 Å². The van der Waals surface area contributed by atoms with E-state index in [1.54, 1.807) is 6.20 Å². The summed E-state index contributed by atoms with van der Waals surface area (Å²) in [4.78, 5) is 12.1. The Labute approximate surface area is 124 Å². The summed E-state index contributed by atoms with van der Waals surface area (Å²) in [6, 6.07) is 9.95. The molecule has 2 aromatic rings. The zero-order valence-electron chi connectivity index (χ0n) is 12.5. The lowest BCUT2D eigenvalue weighted by Crippen LogP contribution is -2.43. The summed E-state index contributed by atoms with van der Waals surface area (Å²) in [6.45, 7) is 4.74. The second-order valence-corrected chi connectivity index (χ2v) is 5.47. The molecular formula is C16H22N4O. The van der Waals surface area contributed by atoms with Gasteiger partial charge in [0.25, 0.3) is 0 Å². The van der Waals surface area contributed by atoms with Gasteiger partial charge in [-0.2, -0.15) is 5.10 Å². The van der Waals surface area contributed by atoms with Crippen molar-refractivity contribution in [2.75, 3.05) is 6.54 Å². The van der Waals surface area contributed by atoms with Crippen LogP contribution in [-0.2, 0) is 11.3 Å². The Morgan fingerprint density at radius 3 is 2.57 bits per heavy atom. The normalized spacial score (nSPS) is 13.7. The zero-order valence-corrected chi connectivity index (χ0v) is 12.5. The van der Waals surface area contributed by atoms with Crippen molar-refractivity contribution in [3.63, 3.8) is 0 Å². The molecule has 2 rings (SSSR count). The summed E-state index contributed by atoms with van der Waals surface area (Å²) in [7, 11) is 0. The number of benzene rings is 1. The highest BCUT2D eigenvalue weighted by Crippen LogP contribution is 2.20. The number of nitrogens with zero attached hydrogens (tertiary/aromatic N) is 1. The van der Waals surface area contributed by atoms with E-state index in [-0.39, 0.29) is 5.91 Å². The van der Waals surface area contributed by atoms with Crippen molar-refractivity contribution >= 4 is 5.91 Å². The number of H-pyrrole nitrogens is 1. The summed E-state index contributed by atoms with van der Waals surface area (Å²) in [6.07, 6.45) is 2.45. The van der Waals surface area contributed by atoms with Gasteiger partial charge in [0.15, 0.2) is 0 Å². The van der Waals surface area contributed by atoms with Crippen molar-refractivity contribution in [2.45, 2.75) is 26.8 Å². The van der Waals surface area contributed by atoms with E-state index in [1.807, 2.05) is 44.2 Å². The van der Waals surface area contributed by atoms with Gasteiger partial charge in [-0.3, -0.25) is 9.89 Å². The van der Waals surface area contributed by atoms with Crippen molar-refractivity contribution in [1.82, 2.24) is 15.5 Å². The summed E-state index contributed by atoms with van der Waals surface area (Å²) in [5.74, 6) is 0.00476. The van der Waals surface area contributed by atoms with Gasteiger partial charge in [0.2, 0.25) is 5.91 Å². The van der Waals surface area contributed by atoms with Crippen molar-refractivity contribution in [3.8, 4) is 11.3 Å². The highest BCUT2D eigenvalue weighted by molar-refractivity contribution is 5.82. The minimum Gasteiger partial charge on any atom is -0.352 e. The lowest BCUT2D eigenvalue weighted by Gasteiger charge is -2.24. The SMILES string of the molecule is CCC(C)(CN)C(=O)NCc1ccc(-c2ccn[nH]2)cc1. The van der Waals surface area contributed by atoms with Gasteiger partial charge in [0, 0.05) is 19.3 Å². The number of rotatable bonds is 6. The molecule has 0 spiro atoms. The second kappa shape index (κ2) is 6.54. The van der Waals surface area contributed by atoms with Crippen LogP contribution in [0.3, 0.4) is 0 Å². The standard InChI is InChI=1S/C16H22N4O/c1-3-16(2,11-17)15(21)18-10-12-4-6-13(7-5-12)14-8-9-19-20-14/h4-9H,3,10-11,17H2,1-2H3,(H,18,21)(H,19,20). The molecule has 1 heterocycles. The third kappa shape index (κ3) is 3.49. The number of aromatic nitrogens is 2. The molecule has 0 saturated heterocycles. The predicted molar refractivity (Wildman–Crippen MR) is 83.3 cm³/mol. The number of nitrogens with one attached hydrogen (secondary N) is 2. The van der Waals surface area contributed by atoms with Crippen LogP contribution in [-0.4, -0.2) is 22.6 Å². The van der Waals surface area contributed by atoms with Gasteiger partial charge in [-0.15, -0.1) is 0 Å². The molecule has 0 saturated carbocycles. The third-order valence-electron chi connectivity index (χ3n) is 4.00. The number of nitrogens with two attached hydrogens (primary N) is 1. The van der Waals surface area contributed by atoms with Crippen molar-refractivity contribution in [3.05, 3.63) is 42.1 Å². The first-order valence-electron chi connectivity index (χ1n) is 7.16. The summed E-state index contributed by atoms with van der Waals surface area (Å²) in [5.41, 5.74) is 8.31. The molecule has 1 unspecified atom stereocenters. The number of hydrogen-bond acceptors (Lipinski definition) is 3. The second-order valence-electron chi connectivity index (χ2n) is 5.47. The average Bonchev–Trinajstić information content (AvgIpc) is 3.06. The number of hydrogen-bond donors (Lipinski definition) is 3. The fourth-order valence-electron chi connectivity index (χ4n) is 2.01. The maximum atomic E-state index is 12.1. The molecule has 0 aliphatic carbocycles. The van der Waals surface area contributed by atoms with Crippen LogP contribution in [0.15, 0.2) is 36.5 Å². The quantitative estimate of drug-likeness (QED) is 0.760. The molecule has 1 atom stereocenters. The molecule has 1 aromatic heterocycles. The first kappa shape index (κ1) is 15.3. The smallest absolute Gasteiger partial charge is 0.227 e. The minimum absolute atomic E-state index is 0.00476. The monoisotopic (exact) mass is 286 g/mol. The fourth-order valence-corrected chi connectivity index (χ4v) is 2.01. The fraction of sp³-hybridized carbons (Fsp3) is 0.375. The largest absolute Gasteiger partial charge is 0.352 e. The third-order valence-corrected chi connectivity index (χ3v) is 4.00. The Hall–Kier alpha value is -2.14. The van der Waals surface area contributed by atoms with Crippen LogP contribution in [0.5, 0.6) is 0 Å². The molecule has 0 radical (unpaired) electrons. The molecule has 21 heavy (non-hydrogen) atoms. The van der Waals surface area contributed by atoms with Gasteiger partial charge >= 0.3 is 0 Å². The van der Waals surface area contributed by atoms with Crippen LogP contribution >= 0.6 is 0 Å². The maximum Gasteiger partial charge on any atom is 0.227 e. The molecule has 0 aliphatic rings. The minimum atomic E-state index is -0.490. The van der Waals surface area contributed by atoms with Gasteiger partial charge in [0.1, 0.15) is 0 Å². The van der Waals surface area contributed by atoms with E-state index in [0.29, 0.717) is 13.1 Å². The Balaban J connectivity index is 1.97. The van der Waals surface area contributed by atoms with Crippen LogP contribution in [0.2, 0.25) is 0 Å². The highest BCUT2D eigenvalue weighted by Gasteiger charge is 2.29. The highest BCUT2D eigenvalue weighted by atomic mass is 16.2. The van der Waals surface area contributed by atoms with Gasteiger partial charge in [-0.05, 0) is 30.5 Å². The molecule has 0 fully saturated rings. The van der Waals surface area contributed by atoms with E-state index in [9.17, 15) is 4.79 Å². The first-order chi connectivity index (χ1) is 10.1. The maximum absolute atomic E-state index is 12.1. The Morgan fingerprint density at radius 1 is 1.33 bits per heavy atom. The molecule has 112 valence electrons. The molecule has 0 aliphatic heterocycles. The number of carbonyl (C=O) groups excluding carboxylic acids is 1. The number of amides is 1. The molecule has 1 amide bonds. The van der Waals surface area contributed by atoms with Crippen molar-refractivity contribution in [1.29, 1.82) is 0 Å². The lowest BCUT2D eigenvalue weighted by atomic mass is 9.86. The van der Waals surface area contributed by atoms with Crippen LogP contribution < -0.4 is 11.1 Å². The van der Waals surface area contributed by atoms with Crippen LogP contribution in [0.4, 0.5) is 0 Å². The summed E-state index contributed by atoms with van der Waals surface area (Å²) >= 11 is 0. The first-order valence-corrected chi connectivity index (χ1v) is 7.16. The molecular weight excluding hydrogens is 264 g/mol.